The summed E-state index contributed by atoms with van der Waals surface area (Å²) in [5, 5.41) is 15.1. The number of nitrogens with zero attached hydrogens (tertiary/aromatic N) is 2. The smallest absolute Gasteiger partial charge is 0.320 e. The lowest BCUT2D eigenvalue weighted by molar-refractivity contribution is -0.139. The van der Waals surface area contributed by atoms with Crippen molar-refractivity contribution in [3.05, 3.63) is 24.3 Å². The van der Waals surface area contributed by atoms with Crippen LogP contribution in [0.15, 0.2) is 27.3 Å². The summed E-state index contributed by atoms with van der Waals surface area (Å²) in [5.41, 5.74) is 0. The van der Waals surface area contributed by atoms with E-state index in [-0.39, 0.29) is 6.54 Å². The van der Waals surface area contributed by atoms with E-state index in [9.17, 15) is 4.79 Å². The molecule has 0 aromatic carbocycles. The van der Waals surface area contributed by atoms with Gasteiger partial charge in [-0.05, 0) is 19.1 Å². The van der Waals surface area contributed by atoms with Gasteiger partial charge in [-0.15, -0.1) is 0 Å². The maximum atomic E-state index is 10.6. The monoisotopic (exact) mass is 237 g/mol. The SMILES string of the molecule is CC(NCc1nc(-c2ccco2)no1)C(=O)O. The van der Waals surface area contributed by atoms with Crippen LogP contribution >= 0.6 is 0 Å². The van der Waals surface area contributed by atoms with Crippen molar-refractivity contribution in [2.75, 3.05) is 0 Å². The molecular formula is C10H11N3O4. The molecule has 17 heavy (non-hydrogen) atoms. The van der Waals surface area contributed by atoms with E-state index in [1.165, 1.54) is 13.2 Å². The third kappa shape index (κ3) is 2.70. The predicted octanol–water partition coefficient (Wildman–Crippen LogP) is 0.892. The van der Waals surface area contributed by atoms with E-state index in [1.807, 2.05) is 0 Å². The van der Waals surface area contributed by atoms with Gasteiger partial charge in [0.15, 0.2) is 5.76 Å². The minimum atomic E-state index is -0.934. The number of aromatic nitrogens is 2. The highest BCUT2D eigenvalue weighted by molar-refractivity contribution is 5.72. The fourth-order valence-electron chi connectivity index (χ4n) is 1.16. The van der Waals surface area contributed by atoms with Crippen LogP contribution in [0, 0.1) is 0 Å². The molecular weight excluding hydrogens is 226 g/mol. The van der Waals surface area contributed by atoms with E-state index in [4.69, 9.17) is 14.0 Å². The largest absolute Gasteiger partial charge is 0.480 e. The molecule has 0 fully saturated rings. The number of carboxylic acids is 1. The Morgan fingerprint density at radius 2 is 2.47 bits per heavy atom. The van der Waals surface area contributed by atoms with Gasteiger partial charge >= 0.3 is 5.97 Å². The molecule has 1 unspecified atom stereocenters. The first-order valence-electron chi connectivity index (χ1n) is 4.99. The fraction of sp³-hybridized carbons (Fsp3) is 0.300. The minimum absolute atomic E-state index is 0.196. The zero-order chi connectivity index (χ0) is 12.3. The van der Waals surface area contributed by atoms with Gasteiger partial charge in [0.25, 0.3) is 0 Å². The average molecular weight is 237 g/mol. The van der Waals surface area contributed by atoms with Crippen LogP contribution in [-0.2, 0) is 11.3 Å². The van der Waals surface area contributed by atoms with E-state index < -0.39 is 12.0 Å². The molecule has 2 aromatic rings. The standard InChI is InChI=1S/C10H11N3O4/c1-6(10(14)15)11-5-8-12-9(13-17-8)7-3-2-4-16-7/h2-4,6,11H,5H2,1H3,(H,14,15). The van der Waals surface area contributed by atoms with Gasteiger partial charge in [0.05, 0.1) is 12.8 Å². The number of rotatable bonds is 5. The Hall–Kier alpha value is -2.15. The Morgan fingerprint density at radius 3 is 3.12 bits per heavy atom. The van der Waals surface area contributed by atoms with Gasteiger partial charge in [0, 0.05) is 0 Å². The summed E-state index contributed by atoms with van der Waals surface area (Å²) in [6, 6.07) is 2.76. The second-order valence-electron chi connectivity index (χ2n) is 3.43. The third-order valence-electron chi connectivity index (χ3n) is 2.14. The molecule has 2 heterocycles. The second-order valence-corrected chi connectivity index (χ2v) is 3.43. The van der Waals surface area contributed by atoms with E-state index in [0.29, 0.717) is 17.5 Å². The number of carbonyl (C=O) groups is 1. The highest BCUT2D eigenvalue weighted by Gasteiger charge is 2.14. The Bertz CT molecular complexity index is 491. The predicted molar refractivity (Wildman–Crippen MR) is 55.9 cm³/mol. The third-order valence-corrected chi connectivity index (χ3v) is 2.14. The van der Waals surface area contributed by atoms with Crippen LogP contribution in [0.25, 0.3) is 11.6 Å². The normalized spacial score (nSPS) is 12.5. The lowest BCUT2D eigenvalue weighted by Gasteiger charge is -2.04. The first-order valence-corrected chi connectivity index (χ1v) is 4.99. The number of aliphatic carboxylic acids is 1. The maximum Gasteiger partial charge on any atom is 0.320 e. The molecule has 0 saturated heterocycles. The number of nitrogens with one attached hydrogen (secondary N) is 1. The fourth-order valence-corrected chi connectivity index (χ4v) is 1.16. The van der Waals surface area contributed by atoms with Crippen LogP contribution in [0.3, 0.4) is 0 Å². The van der Waals surface area contributed by atoms with Crippen LogP contribution in [-0.4, -0.2) is 27.3 Å². The van der Waals surface area contributed by atoms with Crippen molar-refractivity contribution in [1.82, 2.24) is 15.5 Å². The first kappa shape index (κ1) is 11.3. The Kier molecular flexibility index (Phi) is 3.20. The van der Waals surface area contributed by atoms with Gasteiger partial charge in [-0.2, -0.15) is 4.98 Å². The molecule has 0 saturated carbocycles. The summed E-state index contributed by atoms with van der Waals surface area (Å²) >= 11 is 0. The van der Waals surface area contributed by atoms with Crippen molar-refractivity contribution in [3.8, 4) is 11.6 Å². The highest BCUT2D eigenvalue weighted by atomic mass is 16.5. The zero-order valence-corrected chi connectivity index (χ0v) is 9.08. The molecule has 7 nitrogen and oxygen atoms in total. The molecule has 0 bridgehead atoms. The van der Waals surface area contributed by atoms with Crippen molar-refractivity contribution >= 4 is 5.97 Å². The molecule has 0 aliphatic heterocycles. The van der Waals surface area contributed by atoms with Crippen LogP contribution < -0.4 is 5.32 Å². The lowest BCUT2D eigenvalue weighted by atomic mass is 10.3. The molecule has 2 aromatic heterocycles. The summed E-state index contributed by atoms with van der Waals surface area (Å²) in [4.78, 5) is 14.6. The number of hydrogen-bond acceptors (Lipinski definition) is 6. The van der Waals surface area contributed by atoms with E-state index >= 15 is 0 Å². The second kappa shape index (κ2) is 4.79. The van der Waals surface area contributed by atoms with Crippen molar-refractivity contribution in [1.29, 1.82) is 0 Å². The molecule has 0 aliphatic carbocycles. The average Bonchev–Trinajstić information content (AvgIpc) is 2.95. The van der Waals surface area contributed by atoms with Gasteiger partial charge in [-0.25, -0.2) is 0 Å². The summed E-state index contributed by atoms with van der Waals surface area (Å²) < 4.78 is 10.0. The highest BCUT2D eigenvalue weighted by Crippen LogP contribution is 2.15. The molecule has 0 aliphatic rings. The number of carboxylic acid groups (broad SMARTS) is 1. The topological polar surface area (TPSA) is 101 Å². The molecule has 0 amide bonds. The minimum Gasteiger partial charge on any atom is -0.480 e. The summed E-state index contributed by atoms with van der Waals surface area (Å²) in [7, 11) is 0. The zero-order valence-electron chi connectivity index (χ0n) is 9.08. The van der Waals surface area contributed by atoms with E-state index in [0.717, 1.165) is 0 Å². The van der Waals surface area contributed by atoms with Gasteiger partial charge in [0.2, 0.25) is 11.7 Å². The molecule has 90 valence electrons. The summed E-state index contributed by atoms with van der Waals surface area (Å²) in [6.45, 7) is 1.73. The number of hydrogen-bond donors (Lipinski definition) is 2. The Morgan fingerprint density at radius 1 is 1.65 bits per heavy atom. The maximum absolute atomic E-state index is 10.6. The molecule has 0 spiro atoms. The Labute approximate surface area is 96.4 Å². The van der Waals surface area contributed by atoms with Crippen molar-refractivity contribution in [2.24, 2.45) is 0 Å². The van der Waals surface area contributed by atoms with Crippen LogP contribution in [0.1, 0.15) is 12.8 Å². The molecule has 0 radical (unpaired) electrons. The van der Waals surface area contributed by atoms with Crippen molar-refractivity contribution < 1.29 is 18.8 Å². The number of furan rings is 1. The van der Waals surface area contributed by atoms with Gasteiger partial charge < -0.3 is 14.0 Å². The van der Waals surface area contributed by atoms with Gasteiger partial charge in [0.1, 0.15) is 6.04 Å². The lowest BCUT2D eigenvalue weighted by Crippen LogP contribution is -2.33. The molecule has 2 rings (SSSR count). The van der Waals surface area contributed by atoms with Crippen LogP contribution in [0.4, 0.5) is 0 Å². The van der Waals surface area contributed by atoms with Crippen LogP contribution in [0.5, 0.6) is 0 Å². The van der Waals surface area contributed by atoms with Gasteiger partial charge in [-0.1, -0.05) is 5.16 Å². The molecule has 1 atom stereocenters. The van der Waals surface area contributed by atoms with Gasteiger partial charge in [-0.3, -0.25) is 10.1 Å². The first-order chi connectivity index (χ1) is 8.16. The van der Waals surface area contributed by atoms with Crippen molar-refractivity contribution in [2.45, 2.75) is 19.5 Å². The van der Waals surface area contributed by atoms with Crippen molar-refractivity contribution in [3.63, 3.8) is 0 Å². The summed E-state index contributed by atoms with van der Waals surface area (Å²) in [6.07, 6.45) is 1.51. The molecule has 2 N–H and O–H groups in total. The quantitative estimate of drug-likeness (QED) is 0.796. The van der Waals surface area contributed by atoms with E-state index in [1.54, 1.807) is 12.1 Å². The Balaban J connectivity index is 1.97. The summed E-state index contributed by atoms with van der Waals surface area (Å²) in [5.74, 6) is 0.223. The van der Waals surface area contributed by atoms with Crippen LogP contribution in [0.2, 0.25) is 0 Å². The van der Waals surface area contributed by atoms with E-state index in [2.05, 4.69) is 15.5 Å². The molecule has 7 heteroatoms.